The van der Waals surface area contributed by atoms with Crippen LogP contribution in [0.25, 0.3) is 0 Å². The summed E-state index contributed by atoms with van der Waals surface area (Å²) in [6, 6.07) is 2.67. The van der Waals surface area contributed by atoms with Crippen LogP contribution in [0.4, 0.5) is 10.1 Å². The number of anilines is 1. The third-order valence-electron chi connectivity index (χ3n) is 4.03. The number of hydrogen-bond donors (Lipinski definition) is 1. The van der Waals surface area contributed by atoms with E-state index in [-0.39, 0.29) is 22.2 Å². The smallest absolute Gasteiger partial charge is 0.243 e. The summed E-state index contributed by atoms with van der Waals surface area (Å²) in [6.07, 6.45) is 1.76. The molecule has 1 atom stereocenters. The van der Waals surface area contributed by atoms with E-state index in [0.29, 0.717) is 13.1 Å². The van der Waals surface area contributed by atoms with Crippen LogP contribution in [0.1, 0.15) is 18.4 Å². The predicted octanol–water partition coefficient (Wildman–Crippen LogP) is 1.43. The molecule has 0 aliphatic carbocycles. The van der Waals surface area contributed by atoms with Crippen LogP contribution in [0.5, 0.6) is 0 Å². The molecule has 0 bridgehead atoms. The molecule has 0 radical (unpaired) electrons. The molecule has 2 N–H and O–H groups in total. The number of piperidine rings is 1. The van der Waals surface area contributed by atoms with E-state index >= 15 is 0 Å². The molecule has 1 aromatic carbocycles. The summed E-state index contributed by atoms with van der Waals surface area (Å²) in [5, 5.41) is 0. The van der Waals surface area contributed by atoms with Gasteiger partial charge in [0.2, 0.25) is 10.0 Å². The maximum Gasteiger partial charge on any atom is 0.243 e. The highest BCUT2D eigenvalue weighted by Crippen LogP contribution is 2.27. The molecule has 0 spiro atoms. The van der Waals surface area contributed by atoms with E-state index < -0.39 is 15.8 Å². The van der Waals surface area contributed by atoms with E-state index in [1.807, 2.05) is 19.0 Å². The van der Waals surface area contributed by atoms with E-state index in [9.17, 15) is 12.8 Å². The topological polar surface area (TPSA) is 66.6 Å². The van der Waals surface area contributed by atoms with Gasteiger partial charge in [-0.2, -0.15) is 4.31 Å². The van der Waals surface area contributed by atoms with Crippen molar-refractivity contribution in [1.29, 1.82) is 0 Å². The first-order chi connectivity index (χ1) is 9.73. The minimum absolute atomic E-state index is 0.0283. The molecule has 1 unspecified atom stereocenters. The van der Waals surface area contributed by atoms with Crippen LogP contribution in [-0.4, -0.2) is 50.8 Å². The molecule has 1 aromatic rings. The van der Waals surface area contributed by atoms with E-state index in [2.05, 4.69) is 0 Å². The largest absolute Gasteiger partial charge is 0.399 e. The van der Waals surface area contributed by atoms with Gasteiger partial charge in [-0.25, -0.2) is 12.8 Å². The van der Waals surface area contributed by atoms with Gasteiger partial charge >= 0.3 is 0 Å². The zero-order valence-electron chi connectivity index (χ0n) is 12.6. The Bertz CT molecular complexity index is 631. The molecule has 5 nitrogen and oxygen atoms in total. The molecule has 118 valence electrons. The van der Waals surface area contributed by atoms with Crippen LogP contribution in [0, 0.1) is 12.7 Å². The molecule has 0 amide bonds. The minimum atomic E-state index is -3.72. The lowest BCUT2D eigenvalue weighted by atomic mass is 10.1. The molecular formula is C14H22FN3O2S. The molecule has 21 heavy (non-hydrogen) atoms. The van der Waals surface area contributed by atoms with Gasteiger partial charge in [-0.1, -0.05) is 0 Å². The van der Waals surface area contributed by atoms with Crippen molar-refractivity contribution < 1.29 is 12.8 Å². The van der Waals surface area contributed by atoms with Gasteiger partial charge in [-0.15, -0.1) is 0 Å². The summed E-state index contributed by atoms with van der Waals surface area (Å²) in [7, 11) is 0.156. The third-order valence-corrected chi connectivity index (χ3v) is 6.02. The Labute approximate surface area is 125 Å². The molecule has 1 aliphatic rings. The average Bonchev–Trinajstić information content (AvgIpc) is 2.42. The summed E-state index contributed by atoms with van der Waals surface area (Å²) in [4.78, 5) is 1.99. The molecule has 1 saturated heterocycles. The fraction of sp³-hybridized carbons (Fsp3) is 0.571. The molecule has 1 fully saturated rings. The summed E-state index contributed by atoms with van der Waals surface area (Å²) in [5.74, 6) is -0.588. The Morgan fingerprint density at radius 3 is 2.67 bits per heavy atom. The number of rotatable bonds is 3. The molecule has 1 aliphatic heterocycles. The van der Waals surface area contributed by atoms with E-state index in [0.717, 1.165) is 18.9 Å². The van der Waals surface area contributed by atoms with Gasteiger partial charge in [0.15, 0.2) is 0 Å². The maximum atomic E-state index is 13.8. The monoisotopic (exact) mass is 315 g/mol. The molecular weight excluding hydrogens is 293 g/mol. The van der Waals surface area contributed by atoms with Crippen molar-refractivity contribution in [3.8, 4) is 0 Å². The van der Waals surface area contributed by atoms with Crippen LogP contribution in [0.3, 0.4) is 0 Å². The molecule has 0 saturated carbocycles. The average molecular weight is 315 g/mol. The number of halogens is 1. The van der Waals surface area contributed by atoms with E-state index in [1.165, 1.54) is 17.3 Å². The summed E-state index contributed by atoms with van der Waals surface area (Å²) >= 11 is 0. The van der Waals surface area contributed by atoms with Crippen LogP contribution in [-0.2, 0) is 10.0 Å². The van der Waals surface area contributed by atoms with Crippen LogP contribution in [0.15, 0.2) is 17.0 Å². The zero-order chi connectivity index (χ0) is 15.8. The van der Waals surface area contributed by atoms with Gasteiger partial charge in [0.1, 0.15) is 5.82 Å². The summed E-state index contributed by atoms with van der Waals surface area (Å²) < 4.78 is 40.7. The number of nitrogens with zero attached hydrogens (tertiary/aromatic N) is 2. The highest BCUT2D eigenvalue weighted by molar-refractivity contribution is 7.89. The van der Waals surface area contributed by atoms with Crippen molar-refractivity contribution in [3.05, 3.63) is 23.5 Å². The Balaban J connectivity index is 2.38. The fourth-order valence-corrected chi connectivity index (χ4v) is 4.43. The zero-order valence-corrected chi connectivity index (χ0v) is 13.5. The fourth-order valence-electron chi connectivity index (χ4n) is 2.64. The van der Waals surface area contributed by atoms with E-state index in [1.54, 1.807) is 0 Å². The van der Waals surface area contributed by atoms with Gasteiger partial charge in [0.25, 0.3) is 0 Å². The Kier molecular flexibility index (Phi) is 4.55. The van der Waals surface area contributed by atoms with Crippen LogP contribution >= 0.6 is 0 Å². The van der Waals surface area contributed by atoms with Crippen molar-refractivity contribution >= 4 is 15.7 Å². The number of likely N-dealkylation sites (N-methyl/N-ethyl adjacent to an activating group) is 1. The number of hydrogen-bond acceptors (Lipinski definition) is 4. The second-order valence-corrected chi connectivity index (χ2v) is 7.65. The Hall–Kier alpha value is -1.18. The lowest BCUT2D eigenvalue weighted by molar-refractivity contribution is 0.190. The highest BCUT2D eigenvalue weighted by Gasteiger charge is 2.32. The lowest BCUT2D eigenvalue weighted by Gasteiger charge is -2.35. The molecule has 1 heterocycles. The minimum Gasteiger partial charge on any atom is -0.399 e. The van der Waals surface area contributed by atoms with Gasteiger partial charge in [-0.3, -0.25) is 0 Å². The number of nitrogens with two attached hydrogens (primary N) is 1. The number of benzene rings is 1. The molecule has 0 aromatic heterocycles. The second-order valence-electron chi connectivity index (χ2n) is 5.75. The Morgan fingerprint density at radius 1 is 1.38 bits per heavy atom. The van der Waals surface area contributed by atoms with Crippen LogP contribution < -0.4 is 5.73 Å². The molecule has 7 heteroatoms. The summed E-state index contributed by atoms with van der Waals surface area (Å²) in [5.41, 5.74) is 5.84. The first-order valence-corrected chi connectivity index (χ1v) is 8.39. The standard InChI is InChI=1S/C14H22FN3O2S/c1-10-13(15)7-11(16)8-14(10)21(19,20)18-6-4-5-12(9-18)17(2)3/h7-8,12H,4-6,9,16H2,1-3H3. The van der Waals surface area contributed by atoms with Gasteiger partial charge in [0.05, 0.1) is 4.90 Å². The van der Waals surface area contributed by atoms with Crippen molar-refractivity contribution in [2.75, 3.05) is 32.9 Å². The van der Waals surface area contributed by atoms with Gasteiger partial charge in [0, 0.05) is 30.4 Å². The van der Waals surface area contributed by atoms with Gasteiger partial charge < -0.3 is 10.6 Å². The predicted molar refractivity (Wildman–Crippen MR) is 81.0 cm³/mol. The first kappa shape index (κ1) is 16.2. The van der Waals surface area contributed by atoms with Crippen LogP contribution in [0.2, 0.25) is 0 Å². The van der Waals surface area contributed by atoms with Crippen molar-refractivity contribution in [1.82, 2.24) is 9.21 Å². The number of nitrogen functional groups attached to an aromatic ring is 1. The number of sulfonamides is 1. The Morgan fingerprint density at radius 2 is 2.05 bits per heavy atom. The quantitative estimate of drug-likeness (QED) is 0.857. The third kappa shape index (κ3) is 3.20. The van der Waals surface area contributed by atoms with E-state index in [4.69, 9.17) is 5.73 Å². The lowest BCUT2D eigenvalue weighted by Crippen LogP contribution is -2.47. The maximum absolute atomic E-state index is 13.8. The van der Waals surface area contributed by atoms with Crippen molar-refractivity contribution in [2.45, 2.75) is 30.7 Å². The SMILES string of the molecule is Cc1c(F)cc(N)cc1S(=O)(=O)N1CCCC(N(C)C)C1. The normalized spacial score (nSPS) is 20.9. The molecule has 2 rings (SSSR count). The second kappa shape index (κ2) is 5.90. The first-order valence-electron chi connectivity index (χ1n) is 6.95. The van der Waals surface area contributed by atoms with Gasteiger partial charge in [-0.05, 0) is 46.0 Å². The summed E-state index contributed by atoms with van der Waals surface area (Å²) in [6.45, 7) is 2.35. The van der Waals surface area contributed by atoms with Crippen molar-refractivity contribution in [3.63, 3.8) is 0 Å². The highest BCUT2D eigenvalue weighted by atomic mass is 32.2. The van der Waals surface area contributed by atoms with Crippen molar-refractivity contribution in [2.24, 2.45) is 0 Å².